The molecule has 0 N–H and O–H groups in total. The summed E-state index contributed by atoms with van der Waals surface area (Å²) >= 11 is 0. The second-order valence-electron chi connectivity index (χ2n) is 7.90. The predicted octanol–water partition coefficient (Wildman–Crippen LogP) is 1.68. The second-order valence-corrected chi connectivity index (χ2v) is 7.90. The highest BCUT2D eigenvalue weighted by Gasteiger charge is 2.36. The van der Waals surface area contributed by atoms with Gasteiger partial charge < -0.3 is 14.7 Å². The van der Waals surface area contributed by atoms with E-state index >= 15 is 0 Å². The number of amides is 3. The van der Waals surface area contributed by atoms with Crippen LogP contribution in [0.3, 0.4) is 0 Å². The Bertz CT molecular complexity index is 723. The van der Waals surface area contributed by atoms with E-state index in [1.54, 1.807) is 23.9 Å². The zero-order valence-electron chi connectivity index (χ0n) is 16.5. The number of nitrogens with zero attached hydrogens (tertiary/aromatic N) is 3. The zero-order valence-corrected chi connectivity index (χ0v) is 16.5. The molecule has 0 bridgehead atoms. The zero-order chi connectivity index (χ0) is 19.6. The van der Waals surface area contributed by atoms with Crippen LogP contribution < -0.4 is 0 Å². The molecule has 3 rings (SSSR count). The van der Waals surface area contributed by atoms with Crippen molar-refractivity contribution in [1.29, 1.82) is 0 Å². The molecule has 0 saturated carbocycles. The summed E-state index contributed by atoms with van der Waals surface area (Å²) in [6.07, 6.45) is 2.81. The normalized spacial score (nSPS) is 20.2. The molecule has 1 fully saturated rings. The number of piperidine rings is 1. The number of carbonyl (C=O) groups is 3. The topological polar surface area (TPSA) is 60.9 Å². The summed E-state index contributed by atoms with van der Waals surface area (Å²) in [6, 6.07) is 7.61. The maximum atomic E-state index is 13.2. The number of rotatable bonds is 3. The summed E-state index contributed by atoms with van der Waals surface area (Å²) in [7, 11) is 3.55. The van der Waals surface area contributed by atoms with E-state index in [4.69, 9.17) is 0 Å². The van der Waals surface area contributed by atoms with Crippen molar-refractivity contribution in [1.82, 2.24) is 14.7 Å². The van der Waals surface area contributed by atoms with Crippen molar-refractivity contribution >= 4 is 17.7 Å². The van der Waals surface area contributed by atoms with Gasteiger partial charge in [-0.1, -0.05) is 24.3 Å². The minimum atomic E-state index is -0.419. The van der Waals surface area contributed by atoms with E-state index < -0.39 is 6.04 Å². The minimum absolute atomic E-state index is 0.0390. The van der Waals surface area contributed by atoms with Gasteiger partial charge in [-0.05, 0) is 29.9 Å². The Morgan fingerprint density at radius 1 is 1.07 bits per heavy atom. The van der Waals surface area contributed by atoms with Crippen LogP contribution in [0.25, 0.3) is 0 Å². The Morgan fingerprint density at radius 3 is 2.30 bits per heavy atom. The van der Waals surface area contributed by atoms with Gasteiger partial charge in [-0.3, -0.25) is 14.4 Å². The monoisotopic (exact) mass is 371 g/mol. The van der Waals surface area contributed by atoms with E-state index in [-0.39, 0.29) is 17.7 Å². The van der Waals surface area contributed by atoms with Crippen LogP contribution in [-0.4, -0.2) is 65.6 Å². The molecule has 0 radical (unpaired) electrons. The first-order chi connectivity index (χ1) is 12.9. The lowest BCUT2D eigenvalue weighted by molar-refractivity contribution is -0.147. The molecule has 2 aliphatic rings. The molecular formula is C21H29N3O3. The van der Waals surface area contributed by atoms with Gasteiger partial charge in [-0.2, -0.15) is 0 Å². The fourth-order valence-corrected chi connectivity index (χ4v) is 4.07. The van der Waals surface area contributed by atoms with Gasteiger partial charge in [0.05, 0.1) is 0 Å². The molecule has 0 unspecified atom stereocenters. The highest BCUT2D eigenvalue weighted by Crippen LogP contribution is 2.27. The van der Waals surface area contributed by atoms with Gasteiger partial charge in [0.15, 0.2) is 0 Å². The fourth-order valence-electron chi connectivity index (χ4n) is 4.07. The summed E-state index contributed by atoms with van der Waals surface area (Å²) in [5.74, 6) is 0.456. The maximum Gasteiger partial charge on any atom is 0.245 e. The van der Waals surface area contributed by atoms with Crippen LogP contribution in [0.5, 0.6) is 0 Å². The van der Waals surface area contributed by atoms with Crippen molar-refractivity contribution in [2.24, 2.45) is 5.92 Å². The van der Waals surface area contributed by atoms with Gasteiger partial charge >= 0.3 is 0 Å². The van der Waals surface area contributed by atoms with Crippen molar-refractivity contribution in [2.75, 3.05) is 27.2 Å². The van der Waals surface area contributed by atoms with Crippen LogP contribution in [0.1, 0.15) is 37.3 Å². The first kappa shape index (κ1) is 19.4. The first-order valence-electron chi connectivity index (χ1n) is 9.69. The molecule has 2 aliphatic heterocycles. The van der Waals surface area contributed by atoms with Crippen LogP contribution in [0.4, 0.5) is 0 Å². The minimum Gasteiger partial charge on any atom is -0.349 e. The van der Waals surface area contributed by atoms with Crippen molar-refractivity contribution in [3.63, 3.8) is 0 Å². The molecule has 1 atom stereocenters. The highest BCUT2D eigenvalue weighted by molar-refractivity contribution is 5.88. The van der Waals surface area contributed by atoms with Gasteiger partial charge in [0.25, 0.3) is 0 Å². The number of likely N-dealkylation sites (tertiary alicyclic amines) is 1. The third kappa shape index (κ3) is 4.31. The summed E-state index contributed by atoms with van der Waals surface area (Å²) in [6.45, 7) is 3.35. The van der Waals surface area contributed by atoms with Crippen molar-refractivity contribution < 1.29 is 14.4 Å². The molecule has 27 heavy (non-hydrogen) atoms. The molecule has 2 heterocycles. The average molecular weight is 371 g/mol. The van der Waals surface area contributed by atoms with Crippen LogP contribution in [0, 0.1) is 5.92 Å². The molecule has 1 saturated heterocycles. The lowest BCUT2D eigenvalue weighted by Crippen LogP contribution is -2.54. The number of benzene rings is 1. The molecule has 3 amide bonds. The Hall–Kier alpha value is -2.37. The molecular weight excluding hydrogens is 342 g/mol. The highest BCUT2D eigenvalue weighted by atomic mass is 16.2. The van der Waals surface area contributed by atoms with E-state index in [0.717, 1.165) is 24.0 Å². The number of hydrogen-bond donors (Lipinski definition) is 0. The smallest absolute Gasteiger partial charge is 0.245 e. The molecule has 6 nitrogen and oxygen atoms in total. The SMILES string of the molecule is CC(=O)N1Cc2ccccc2C[C@H]1C(=O)N1CCC(CC(=O)N(C)C)CC1. The van der Waals surface area contributed by atoms with E-state index in [1.165, 1.54) is 6.92 Å². The molecule has 146 valence electrons. The van der Waals surface area contributed by atoms with Gasteiger partial charge in [0, 0.05) is 53.5 Å². The molecule has 0 spiro atoms. The molecule has 0 aliphatic carbocycles. The number of fused-ring (bicyclic) bond motifs is 1. The van der Waals surface area contributed by atoms with E-state index in [9.17, 15) is 14.4 Å². The van der Waals surface area contributed by atoms with Gasteiger partial charge in [-0.15, -0.1) is 0 Å². The fraction of sp³-hybridized carbons (Fsp3) is 0.571. The van der Waals surface area contributed by atoms with E-state index in [2.05, 4.69) is 0 Å². The van der Waals surface area contributed by atoms with Crippen molar-refractivity contribution in [3.8, 4) is 0 Å². The van der Waals surface area contributed by atoms with Gasteiger partial charge in [0.2, 0.25) is 17.7 Å². The molecule has 1 aromatic carbocycles. The quantitative estimate of drug-likeness (QED) is 0.812. The molecule has 0 aromatic heterocycles. The third-order valence-electron chi connectivity index (χ3n) is 5.83. The average Bonchev–Trinajstić information content (AvgIpc) is 2.66. The summed E-state index contributed by atoms with van der Waals surface area (Å²) < 4.78 is 0. The Kier molecular flexibility index (Phi) is 5.82. The summed E-state index contributed by atoms with van der Waals surface area (Å²) in [5.41, 5.74) is 2.28. The third-order valence-corrected chi connectivity index (χ3v) is 5.83. The Morgan fingerprint density at radius 2 is 1.70 bits per heavy atom. The van der Waals surface area contributed by atoms with Crippen molar-refractivity contribution in [2.45, 2.75) is 45.2 Å². The lowest BCUT2D eigenvalue weighted by Gasteiger charge is -2.40. The second kappa shape index (κ2) is 8.11. The summed E-state index contributed by atoms with van der Waals surface area (Å²) in [5, 5.41) is 0. The van der Waals surface area contributed by atoms with E-state index in [1.807, 2.05) is 29.2 Å². The van der Waals surface area contributed by atoms with Crippen LogP contribution in [0.2, 0.25) is 0 Å². The lowest BCUT2D eigenvalue weighted by atomic mass is 9.90. The van der Waals surface area contributed by atoms with Crippen LogP contribution in [-0.2, 0) is 27.3 Å². The van der Waals surface area contributed by atoms with Crippen LogP contribution in [0.15, 0.2) is 24.3 Å². The van der Waals surface area contributed by atoms with Gasteiger partial charge in [-0.25, -0.2) is 0 Å². The van der Waals surface area contributed by atoms with E-state index in [0.29, 0.717) is 38.4 Å². The van der Waals surface area contributed by atoms with Crippen LogP contribution >= 0.6 is 0 Å². The largest absolute Gasteiger partial charge is 0.349 e. The number of carbonyl (C=O) groups excluding carboxylic acids is 3. The maximum absolute atomic E-state index is 13.2. The Labute approximate surface area is 161 Å². The number of hydrogen-bond acceptors (Lipinski definition) is 3. The molecule has 6 heteroatoms. The predicted molar refractivity (Wildman–Crippen MR) is 103 cm³/mol. The first-order valence-corrected chi connectivity index (χ1v) is 9.69. The van der Waals surface area contributed by atoms with Crippen molar-refractivity contribution in [3.05, 3.63) is 35.4 Å². The van der Waals surface area contributed by atoms with Gasteiger partial charge in [0.1, 0.15) is 6.04 Å². The summed E-state index contributed by atoms with van der Waals surface area (Å²) in [4.78, 5) is 42.4. The molecule has 1 aromatic rings. The Balaban J connectivity index is 1.65. The standard InChI is InChI=1S/C21H29N3O3/c1-15(25)24-14-18-7-5-4-6-17(18)13-19(24)21(27)23-10-8-16(9-11-23)12-20(26)22(2)3/h4-7,16,19H,8-14H2,1-3H3/t19-/m0/s1.